The number of nitrogens with zero attached hydrogens (tertiary/aromatic N) is 2. The van der Waals surface area contributed by atoms with Crippen molar-refractivity contribution in [3.63, 3.8) is 0 Å². The molecule has 220 valence electrons. The Morgan fingerprint density at radius 2 is 1.60 bits per heavy atom. The summed E-state index contributed by atoms with van der Waals surface area (Å²) in [7, 11) is 0. The fourth-order valence-electron chi connectivity index (χ4n) is 5.55. The van der Waals surface area contributed by atoms with Gasteiger partial charge in [-0.1, -0.05) is 110 Å². The molecular weight excluding hydrogens is 625 g/mol. The molecule has 3 amide bonds. The van der Waals surface area contributed by atoms with E-state index in [4.69, 9.17) is 23.2 Å². The number of para-hydroxylation sites is 1. The summed E-state index contributed by atoms with van der Waals surface area (Å²) >= 11 is 14.3. The first-order chi connectivity index (χ1) is 20.4. The van der Waals surface area contributed by atoms with Crippen molar-refractivity contribution in [2.24, 2.45) is 5.92 Å². The average Bonchev–Trinajstić information content (AvgIpc) is 3.41. The number of benzene rings is 3. The first kappa shape index (κ1) is 29.7. The minimum absolute atomic E-state index is 0.0757. The van der Waals surface area contributed by atoms with Gasteiger partial charge in [0.05, 0.1) is 26.7 Å². The molecule has 4 aromatic rings. The predicted octanol–water partition coefficient (Wildman–Crippen LogP) is 6.95. The zero-order valence-corrected chi connectivity index (χ0v) is 26.6. The van der Waals surface area contributed by atoms with E-state index in [2.05, 4.69) is 26.1 Å². The summed E-state index contributed by atoms with van der Waals surface area (Å²) in [6, 6.07) is 21.6. The number of fused-ring (bicyclic) bond motifs is 2. The Bertz CT molecular complexity index is 1810. The van der Waals surface area contributed by atoms with Crippen LogP contribution in [0.3, 0.4) is 0 Å². The summed E-state index contributed by atoms with van der Waals surface area (Å²) in [6.07, 6.45) is 0. The number of thiazole rings is 1. The van der Waals surface area contributed by atoms with Gasteiger partial charge in [-0.3, -0.25) is 23.7 Å². The molecule has 43 heavy (non-hydrogen) atoms. The van der Waals surface area contributed by atoms with Gasteiger partial charge in [0.25, 0.3) is 0 Å². The molecule has 7 nitrogen and oxygen atoms in total. The quantitative estimate of drug-likeness (QED) is 0.236. The lowest BCUT2D eigenvalue weighted by Gasteiger charge is -2.31. The molecule has 0 unspecified atom stereocenters. The Balaban J connectivity index is 1.41. The first-order valence-electron chi connectivity index (χ1n) is 13.6. The summed E-state index contributed by atoms with van der Waals surface area (Å²) in [5.74, 6) is -2.30. The summed E-state index contributed by atoms with van der Waals surface area (Å²) in [5.41, 5.74) is 2.84. The fourth-order valence-corrected chi connectivity index (χ4v) is 8.63. The monoisotopic (exact) mass is 651 g/mol. The number of hydrogen-bond donors (Lipinski definition) is 1. The normalized spacial score (nSPS) is 19.7. The van der Waals surface area contributed by atoms with E-state index < -0.39 is 23.0 Å². The van der Waals surface area contributed by atoms with E-state index in [-0.39, 0.29) is 28.6 Å². The number of carbonyl (C=O) groups excluding carboxylic acids is 3. The number of aromatic nitrogens is 1. The van der Waals surface area contributed by atoms with Crippen LogP contribution in [0, 0.1) is 5.92 Å². The Kier molecular flexibility index (Phi) is 7.79. The van der Waals surface area contributed by atoms with E-state index in [1.807, 2.05) is 30.3 Å². The van der Waals surface area contributed by atoms with Gasteiger partial charge in [-0.25, -0.2) is 4.90 Å². The molecule has 0 radical (unpaired) electrons. The second-order valence-corrected chi connectivity index (χ2v) is 14.5. The number of amides is 3. The van der Waals surface area contributed by atoms with E-state index in [1.54, 1.807) is 36.4 Å². The van der Waals surface area contributed by atoms with Crippen LogP contribution in [0.4, 0.5) is 11.4 Å². The summed E-state index contributed by atoms with van der Waals surface area (Å²) in [5, 5.41) is 3.18. The van der Waals surface area contributed by atoms with Crippen LogP contribution >= 0.6 is 46.3 Å². The van der Waals surface area contributed by atoms with E-state index in [9.17, 15) is 19.2 Å². The molecule has 3 atom stereocenters. The van der Waals surface area contributed by atoms with Gasteiger partial charge in [-0.05, 0) is 46.9 Å². The van der Waals surface area contributed by atoms with E-state index in [1.165, 1.54) is 27.3 Å². The SMILES string of the molecule is CC(C)(C)c1ccc([C@@H]2c3sc(=O)n(CC(=O)Nc4ccc(Cl)c(Cl)c4)c3S[C@H]3C(=O)N(c4ccccc4)C(=O)[C@@H]23)cc1. The molecule has 0 aliphatic carbocycles. The van der Waals surface area contributed by atoms with Gasteiger partial charge < -0.3 is 5.32 Å². The van der Waals surface area contributed by atoms with Crippen LogP contribution in [-0.2, 0) is 26.3 Å². The lowest BCUT2D eigenvalue weighted by atomic mass is 9.81. The van der Waals surface area contributed by atoms with Crippen molar-refractivity contribution in [2.45, 2.75) is 48.9 Å². The smallest absolute Gasteiger partial charge is 0.308 e. The fraction of sp³-hybridized carbons (Fsp3) is 0.250. The van der Waals surface area contributed by atoms with Crippen molar-refractivity contribution >= 4 is 75.4 Å². The van der Waals surface area contributed by atoms with Crippen molar-refractivity contribution in [3.05, 3.63) is 109 Å². The molecule has 0 saturated carbocycles. The molecule has 1 aromatic heterocycles. The number of carbonyl (C=O) groups is 3. The van der Waals surface area contributed by atoms with Gasteiger partial charge >= 0.3 is 4.87 Å². The summed E-state index contributed by atoms with van der Waals surface area (Å²) < 4.78 is 1.40. The first-order valence-corrected chi connectivity index (χ1v) is 16.1. The van der Waals surface area contributed by atoms with Gasteiger partial charge in [-0.2, -0.15) is 0 Å². The molecule has 3 heterocycles. The highest BCUT2D eigenvalue weighted by Crippen LogP contribution is 2.54. The van der Waals surface area contributed by atoms with Crippen LogP contribution in [-0.4, -0.2) is 27.5 Å². The van der Waals surface area contributed by atoms with Crippen LogP contribution in [0.5, 0.6) is 0 Å². The highest BCUT2D eigenvalue weighted by atomic mass is 35.5. The Hall–Kier alpha value is -3.37. The Labute approximate surface area is 266 Å². The molecule has 1 saturated heterocycles. The third-order valence-corrected chi connectivity index (χ3v) is 11.0. The third-order valence-electron chi connectivity index (χ3n) is 7.70. The minimum Gasteiger partial charge on any atom is -0.324 e. The van der Waals surface area contributed by atoms with Gasteiger partial charge in [0.1, 0.15) is 11.8 Å². The molecule has 0 spiro atoms. The molecule has 3 aromatic carbocycles. The number of imide groups is 1. The lowest BCUT2D eigenvalue weighted by Crippen LogP contribution is -2.33. The number of halogens is 2. The van der Waals surface area contributed by atoms with Gasteiger partial charge in [0.15, 0.2) is 0 Å². The number of thioether (sulfide) groups is 1. The van der Waals surface area contributed by atoms with Crippen LogP contribution in [0.1, 0.15) is 42.7 Å². The predicted molar refractivity (Wildman–Crippen MR) is 173 cm³/mol. The molecule has 1 fully saturated rings. The van der Waals surface area contributed by atoms with E-state index in [0.717, 1.165) is 22.5 Å². The average molecular weight is 653 g/mol. The third kappa shape index (κ3) is 5.44. The van der Waals surface area contributed by atoms with Gasteiger partial charge in [0, 0.05) is 16.5 Å². The number of anilines is 2. The van der Waals surface area contributed by atoms with Crippen molar-refractivity contribution < 1.29 is 14.4 Å². The standard InChI is InChI=1S/C32H27Cl2N3O4S2/c1-32(2,3)18-11-9-17(10-12-18)24-25-26(29(40)37(28(25)39)20-7-5-4-6-8-20)42-30-27(24)43-31(41)36(30)16-23(38)35-19-13-14-21(33)22(34)15-19/h4-15,24-26H,16H2,1-3H3,(H,35,38)/t24-,25-,26+/m0/s1. The molecule has 2 aliphatic heterocycles. The largest absolute Gasteiger partial charge is 0.324 e. The van der Waals surface area contributed by atoms with E-state index >= 15 is 0 Å². The van der Waals surface area contributed by atoms with Crippen LogP contribution < -0.4 is 15.1 Å². The Morgan fingerprint density at radius 1 is 0.907 bits per heavy atom. The highest BCUT2D eigenvalue weighted by molar-refractivity contribution is 8.00. The second-order valence-electron chi connectivity index (χ2n) is 11.6. The topological polar surface area (TPSA) is 88.5 Å². The maximum atomic E-state index is 14.0. The Morgan fingerprint density at radius 3 is 2.26 bits per heavy atom. The van der Waals surface area contributed by atoms with E-state index in [0.29, 0.717) is 31.3 Å². The number of nitrogens with one attached hydrogen (secondary N) is 1. The molecule has 1 N–H and O–H groups in total. The maximum absolute atomic E-state index is 14.0. The molecular formula is C32H27Cl2N3O4S2. The molecule has 6 rings (SSSR count). The highest BCUT2D eigenvalue weighted by Gasteiger charge is 2.56. The molecule has 0 bridgehead atoms. The number of hydrogen-bond acceptors (Lipinski definition) is 6. The van der Waals surface area contributed by atoms with Crippen LogP contribution in [0.25, 0.3) is 0 Å². The summed E-state index contributed by atoms with van der Waals surface area (Å²) in [6.45, 7) is 6.10. The van der Waals surface area contributed by atoms with Crippen LogP contribution in [0.15, 0.2) is 82.6 Å². The number of rotatable bonds is 5. The molecule has 11 heteroatoms. The molecule has 2 aliphatic rings. The van der Waals surface area contributed by atoms with Crippen LogP contribution in [0.2, 0.25) is 10.0 Å². The van der Waals surface area contributed by atoms with Crippen molar-refractivity contribution in [3.8, 4) is 0 Å². The zero-order chi connectivity index (χ0) is 30.6. The van der Waals surface area contributed by atoms with Gasteiger partial charge in [-0.15, -0.1) is 0 Å². The second kappa shape index (κ2) is 11.3. The maximum Gasteiger partial charge on any atom is 0.308 e. The van der Waals surface area contributed by atoms with Crippen molar-refractivity contribution in [1.29, 1.82) is 0 Å². The van der Waals surface area contributed by atoms with Gasteiger partial charge in [0.2, 0.25) is 17.7 Å². The van der Waals surface area contributed by atoms with Crippen molar-refractivity contribution in [1.82, 2.24) is 4.57 Å². The summed E-state index contributed by atoms with van der Waals surface area (Å²) in [4.78, 5) is 56.0. The minimum atomic E-state index is -0.758. The lowest BCUT2D eigenvalue weighted by molar-refractivity contribution is -0.122. The zero-order valence-electron chi connectivity index (χ0n) is 23.5. The van der Waals surface area contributed by atoms with Crippen molar-refractivity contribution in [2.75, 3.05) is 10.2 Å².